The molecule has 1 aromatic heterocycles. The van der Waals surface area contributed by atoms with Crippen LogP contribution >= 0.6 is 0 Å². The Bertz CT molecular complexity index is 328. The van der Waals surface area contributed by atoms with Crippen LogP contribution in [0.3, 0.4) is 0 Å². The third-order valence-electron chi connectivity index (χ3n) is 2.12. The molecule has 0 aliphatic carbocycles. The number of hydrogen-bond acceptors (Lipinski definition) is 5. The number of carbonyl (C=O) groups excluding carboxylic acids is 2. The first-order chi connectivity index (χ1) is 8.95. The van der Waals surface area contributed by atoms with Crippen LogP contribution in [0.5, 0.6) is 0 Å². The van der Waals surface area contributed by atoms with E-state index in [0.29, 0.717) is 6.42 Å². The lowest BCUT2D eigenvalue weighted by Gasteiger charge is -2.13. The second-order valence-electron chi connectivity index (χ2n) is 4.17. The van der Waals surface area contributed by atoms with Gasteiger partial charge >= 0.3 is 0 Å². The van der Waals surface area contributed by atoms with Gasteiger partial charge in [0.2, 0.25) is 0 Å². The molecule has 6 nitrogen and oxygen atoms in total. The van der Waals surface area contributed by atoms with Crippen molar-refractivity contribution >= 4 is 20.4 Å². The minimum absolute atomic E-state index is 0.347. The molecular weight excluding hydrogens is 243 g/mol. The van der Waals surface area contributed by atoms with Crippen LogP contribution in [-0.4, -0.2) is 49.0 Å². The summed E-state index contributed by atoms with van der Waals surface area (Å²) in [6.07, 6.45) is 5.35. The van der Waals surface area contributed by atoms with Crippen LogP contribution in [0.1, 0.15) is 19.5 Å². The zero-order valence-electron chi connectivity index (χ0n) is 12.0. The molecule has 0 aliphatic heterocycles. The Balaban J connectivity index is 0. The van der Waals surface area contributed by atoms with Crippen molar-refractivity contribution in [3.05, 3.63) is 18.2 Å². The first-order valence-corrected chi connectivity index (χ1v) is 5.86. The van der Waals surface area contributed by atoms with Gasteiger partial charge in [0.1, 0.15) is 12.6 Å². The third-order valence-corrected chi connectivity index (χ3v) is 2.12. The quantitative estimate of drug-likeness (QED) is 0.509. The maximum absolute atomic E-state index is 10.1. The van der Waals surface area contributed by atoms with Crippen LogP contribution in [0.2, 0.25) is 6.82 Å². The average Bonchev–Trinajstić information content (AvgIpc) is 2.94. The summed E-state index contributed by atoms with van der Waals surface area (Å²) in [4.78, 5) is 26.7. The smallest absolute Gasteiger partial charge is 0.139 e. The fraction of sp³-hybridized carbons (Fsp3) is 0.583. The molecule has 1 heterocycles. The SMILES string of the molecule is CNC(C)(C)C=O.NC(C=O)Cc1cnc[nH]1.[B]C. The van der Waals surface area contributed by atoms with Crippen molar-refractivity contribution in [2.45, 2.75) is 38.7 Å². The van der Waals surface area contributed by atoms with Gasteiger partial charge in [-0.3, -0.25) is 0 Å². The Kier molecular flexibility index (Phi) is 12.1. The largest absolute Gasteiger partial charge is 0.348 e. The average molecular weight is 266 g/mol. The molecule has 1 aromatic rings. The highest BCUT2D eigenvalue weighted by atomic mass is 16.1. The van der Waals surface area contributed by atoms with Gasteiger partial charge in [0.25, 0.3) is 0 Å². The van der Waals surface area contributed by atoms with Gasteiger partial charge in [0.15, 0.2) is 0 Å². The highest BCUT2D eigenvalue weighted by molar-refractivity contribution is 6.05. The summed E-state index contributed by atoms with van der Waals surface area (Å²) in [5.41, 5.74) is 5.89. The summed E-state index contributed by atoms with van der Waals surface area (Å²) in [6.45, 7) is 5.14. The third kappa shape index (κ3) is 11.4. The Morgan fingerprint density at radius 2 is 2.11 bits per heavy atom. The standard InChI is InChI=1S/C6H9N3O.C5H11NO.CH3B/c7-5(3-10)1-6-2-8-4-9-6;1-5(2,4-7)6-3;1-2/h2-5H,1,7H2,(H,8,9);4,6H,1-3H3;1H3. The van der Waals surface area contributed by atoms with E-state index in [1.165, 1.54) is 6.82 Å². The number of nitrogens with one attached hydrogen (secondary N) is 2. The van der Waals surface area contributed by atoms with Gasteiger partial charge in [-0.05, 0) is 20.9 Å². The van der Waals surface area contributed by atoms with E-state index >= 15 is 0 Å². The molecule has 0 aromatic carbocycles. The fourth-order valence-corrected chi connectivity index (χ4v) is 0.757. The molecule has 1 unspecified atom stereocenters. The Morgan fingerprint density at radius 3 is 2.37 bits per heavy atom. The van der Waals surface area contributed by atoms with Crippen molar-refractivity contribution in [1.82, 2.24) is 15.3 Å². The van der Waals surface area contributed by atoms with E-state index in [4.69, 9.17) is 5.73 Å². The predicted molar refractivity (Wildman–Crippen MR) is 77.2 cm³/mol. The molecule has 0 saturated heterocycles. The van der Waals surface area contributed by atoms with Gasteiger partial charge in [-0.1, -0.05) is 6.82 Å². The van der Waals surface area contributed by atoms with Gasteiger partial charge in [-0.15, -0.1) is 0 Å². The van der Waals surface area contributed by atoms with E-state index in [1.807, 2.05) is 13.8 Å². The normalized spacial score (nSPS) is 11.2. The van der Waals surface area contributed by atoms with Gasteiger partial charge in [-0.25, -0.2) is 4.98 Å². The van der Waals surface area contributed by atoms with E-state index in [1.54, 1.807) is 19.6 Å². The number of aromatic amines is 1. The van der Waals surface area contributed by atoms with Crippen LogP contribution in [0, 0.1) is 0 Å². The number of hydrogen-bond donors (Lipinski definition) is 3. The number of nitrogens with zero attached hydrogens (tertiary/aromatic N) is 1. The van der Waals surface area contributed by atoms with Crippen molar-refractivity contribution in [2.75, 3.05) is 7.05 Å². The number of aromatic nitrogens is 2. The number of carbonyl (C=O) groups is 2. The van der Waals surface area contributed by atoms with Crippen LogP contribution in [0.4, 0.5) is 0 Å². The lowest BCUT2D eigenvalue weighted by Crippen LogP contribution is -2.37. The fourth-order valence-electron chi connectivity index (χ4n) is 0.757. The molecule has 106 valence electrons. The number of H-pyrrole nitrogens is 1. The monoisotopic (exact) mass is 266 g/mol. The molecule has 0 saturated carbocycles. The van der Waals surface area contributed by atoms with E-state index in [9.17, 15) is 9.59 Å². The van der Waals surface area contributed by atoms with Gasteiger partial charge in [0, 0.05) is 18.3 Å². The maximum Gasteiger partial charge on any atom is 0.139 e. The van der Waals surface area contributed by atoms with Gasteiger partial charge in [0.05, 0.1) is 25.8 Å². The summed E-state index contributed by atoms with van der Waals surface area (Å²) in [6, 6.07) is -0.416. The van der Waals surface area contributed by atoms with Crippen LogP contribution in [-0.2, 0) is 16.0 Å². The lowest BCUT2D eigenvalue weighted by atomic mass is 10.1. The van der Waals surface area contributed by atoms with Crippen LogP contribution in [0.15, 0.2) is 12.5 Å². The first-order valence-electron chi connectivity index (χ1n) is 5.86. The second-order valence-corrected chi connectivity index (χ2v) is 4.17. The molecule has 2 radical (unpaired) electrons. The molecule has 0 amide bonds. The van der Waals surface area contributed by atoms with E-state index < -0.39 is 6.04 Å². The summed E-state index contributed by atoms with van der Waals surface area (Å²) in [5, 5.41) is 2.82. The van der Waals surface area contributed by atoms with Crippen molar-refractivity contribution < 1.29 is 9.59 Å². The number of nitrogens with two attached hydrogens (primary N) is 1. The summed E-state index contributed by atoms with van der Waals surface area (Å²) >= 11 is 0. The highest BCUT2D eigenvalue weighted by Gasteiger charge is 2.10. The van der Waals surface area contributed by atoms with Crippen molar-refractivity contribution in [3.63, 3.8) is 0 Å². The van der Waals surface area contributed by atoms with Crippen LogP contribution < -0.4 is 11.1 Å². The molecule has 1 rings (SSSR count). The molecule has 1 atom stereocenters. The minimum atomic E-state index is -0.416. The van der Waals surface area contributed by atoms with E-state index in [0.717, 1.165) is 18.3 Å². The molecule has 4 N–H and O–H groups in total. The summed E-state index contributed by atoms with van der Waals surface area (Å²) < 4.78 is 0. The summed E-state index contributed by atoms with van der Waals surface area (Å²) in [7, 11) is 6.26. The van der Waals surface area contributed by atoms with Gasteiger partial charge in [-0.2, -0.15) is 0 Å². The topological polar surface area (TPSA) is 101 Å². The molecular formula is C12H23BN4O2. The number of aldehydes is 2. The molecule has 0 spiro atoms. The number of rotatable bonds is 5. The molecule has 0 aliphatic rings. The maximum atomic E-state index is 10.1. The lowest BCUT2D eigenvalue weighted by molar-refractivity contribution is -0.112. The van der Waals surface area contributed by atoms with E-state index in [-0.39, 0.29) is 5.54 Å². The minimum Gasteiger partial charge on any atom is -0.348 e. The Hall–Kier alpha value is -1.47. The second kappa shape index (κ2) is 11.6. The molecule has 7 heteroatoms. The summed E-state index contributed by atoms with van der Waals surface area (Å²) in [5.74, 6) is 0. The molecule has 0 fully saturated rings. The van der Waals surface area contributed by atoms with Crippen molar-refractivity contribution in [1.29, 1.82) is 0 Å². The predicted octanol–water partition coefficient (Wildman–Crippen LogP) is -0.135. The zero-order chi connectivity index (χ0) is 15.3. The van der Waals surface area contributed by atoms with Crippen molar-refractivity contribution in [2.24, 2.45) is 5.73 Å². The zero-order valence-corrected chi connectivity index (χ0v) is 12.0. The van der Waals surface area contributed by atoms with Crippen molar-refractivity contribution in [3.8, 4) is 0 Å². The molecule has 19 heavy (non-hydrogen) atoms. The number of imidazole rings is 1. The van der Waals surface area contributed by atoms with E-state index in [2.05, 4.69) is 23.1 Å². The number of likely N-dealkylation sites (N-methyl/N-ethyl adjacent to an activating group) is 1. The Labute approximate surface area is 116 Å². The molecule has 0 bridgehead atoms. The van der Waals surface area contributed by atoms with Gasteiger partial charge < -0.3 is 25.6 Å². The highest BCUT2D eigenvalue weighted by Crippen LogP contribution is 1.93. The van der Waals surface area contributed by atoms with Crippen LogP contribution in [0.25, 0.3) is 0 Å². The Morgan fingerprint density at radius 1 is 1.53 bits per heavy atom. The first kappa shape index (κ1) is 19.9.